The summed E-state index contributed by atoms with van der Waals surface area (Å²) in [7, 11) is 0. The zero-order valence-corrected chi connectivity index (χ0v) is 8.22. The largest absolute Gasteiger partial charge is 0.507 e. The smallest absolute Gasteiger partial charge is 0.123 e. The molecule has 0 aliphatic heterocycles. The van der Waals surface area contributed by atoms with Crippen LogP contribution >= 0.6 is 15.9 Å². The van der Waals surface area contributed by atoms with Gasteiger partial charge in [-0.15, -0.1) is 0 Å². The molecule has 2 nitrogen and oxygen atoms in total. The SMILES string of the molecule is Cc1c(Br)ccc(CC#N)c1O. The van der Waals surface area contributed by atoms with E-state index < -0.39 is 0 Å². The Bertz CT molecular complexity index is 341. The van der Waals surface area contributed by atoms with Gasteiger partial charge in [-0.25, -0.2) is 0 Å². The number of aromatic hydroxyl groups is 1. The first-order valence-electron chi connectivity index (χ1n) is 3.50. The lowest BCUT2D eigenvalue weighted by Crippen LogP contribution is -1.86. The van der Waals surface area contributed by atoms with Crippen molar-refractivity contribution in [2.24, 2.45) is 0 Å². The first-order valence-corrected chi connectivity index (χ1v) is 4.30. The molecule has 0 unspecified atom stereocenters. The summed E-state index contributed by atoms with van der Waals surface area (Å²) in [4.78, 5) is 0. The first-order chi connectivity index (χ1) is 5.66. The molecule has 1 rings (SSSR count). The molecule has 3 heteroatoms. The predicted octanol–water partition coefficient (Wildman–Crippen LogP) is 2.53. The van der Waals surface area contributed by atoms with E-state index in [1.807, 2.05) is 12.1 Å². The molecule has 0 amide bonds. The molecule has 0 radical (unpaired) electrons. The average Bonchev–Trinajstić information content (AvgIpc) is 2.07. The maximum atomic E-state index is 9.53. The molecule has 0 spiro atoms. The highest BCUT2D eigenvalue weighted by Crippen LogP contribution is 2.28. The number of nitrogens with zero attached hydrogens (tertiary/aromatic N) is 1. The molecule has 0 aromatic heterocycles. The Morgan fingerprint density at radius 3 is 2.83 bits per heavy atom. The summed E-state index contributed by atoms with van der Waals surface area (Å²) < 4.78 is 0.863. The molecule has 0 saturated heterocycles. The second-order valence-corrected chi connectivity index (χ2v) is 3.37. The normalized spacial score (nSPS) is 9.42. The summed E-state index contributed by atoms with van der Waals surface area (Å²) >= 11 is 3.29. The topological polar surface area (TPSA) is 44.0 Å². The van der Waals surface area contributed by atoms with Crippen molar-refractivity contribution in [1.29, 1.82) is 5.26 Å². The number of benzene rings is 1. The van der Waals surface area contributed by atoms with Crippen LogP contribution in [0.3, 0.4) is 0 Å². The third-order valence-electron chi connectivity index (χ3n) is 1.72. The lowest BCUT2D eigenvalue weighted by atomic mass is 10.1. The minimum absolute atomic E-state index is 0.214. The molecule has 62 valence electrons. The maximum Gasteiger partial charge on any atom is 0.123 e. The molecule has 0 atom stereocenters. The van der Waals surface area contributed by atoms with Crippen LogP contribution in [0, 0.1) is 18.3 Å². The van der Waals surface area contributed by atoms with Gasteiger partial charge in [0.2, 0.25) is 0 Å². The van der Waals surface area contributed by atoms with Crippen LogP contribution in [0.5, 0.6) is 5.75 Å². The molecule has 0 heterocycles. The number of phenolic OH excluding ortho intramolecular Hbond substituents is 1. The van der Waals surface area contributed by atoms with E-state index in [0.717, 1.165) is 10.0 Å². The summed E-state index contributed by atoms with van der Waals surface area (Å²) in [5.74, 6) is 0.214. The van der Waals surface area contributed by atoms with Crippen molar-refractivity contribution in [2.75, 3.05) is 0 Å². The summed E-state index contributed by atoms with van der Waals surface area (Å²) in [6.45, 7) is 1.81. The zero-order chi connectivity index (χ0) is 9.14. The van der Waals surface area contributed by atoms with Gasteiger partial charge in [0.15, 0.2) is 0 Å². The average molecular weight is 226 g/mol. The molecule has 0 saturated carbocycles. The van der Waals surface area contributed by atoms with Crippen molar-refractivity contribution in [2.45, 2.75) is 13.3 Å². The van der Waals surface area contributed by atoms with Gasteiger partial charge in [-0.1, -0.05) is 22.0 Å². The number of hydrogen-bond acceptors (Lipinski definition) is 2. The van der Waals surface area contributed by atoms with E-state index in [1.165, 1.54) is 0 Å². The van der Waals surface area contributed by atoms with Crippen molar-refractivity contribution in [3.63, 3.8) is 0 Å². The van der Waals surface area contributed by atoms with E-state index in [4.69, 9.17) is 5.26 Å². The fraction of sp³-hybridized carbons (Fsp3) is 0.222. The van der Waals surface area contributed by atoms with Gasteiger partial charge in [0.05, 0.1) is 12.5 Å². The summed E-state index contributed by atoms with van der Waals surface area (Å²) in [6.07, 6.45) is 0.250. The monoisotopic (exact) mass is 225 g/mol. The van der Waals surface area contributed by atoms with Crippen molar-refractivity contribution >= 4 is 15.9 Å². The zero-order valence-electron chi connectivity index (χ0n) is 6.63. The van der Waals surface area contributed by atoms with Gasteiger partial charge in [-0.2, -0.15) is 5.26 Å². The van der Waals surface area contributed by atoms with Crippen LogP contribution in [-0.4, -0.2) is 5.11 Å². The summed E-state index contributed by atoms with van der Waals surface area (Å²) in [6, 6.07) is 5.58. The predicted molar refractivity (Wildman–Crippen MR) is 49.9 cm³/mol. The Hall–Kier alpha value is -1.01. The Morgan fingerprint density at radius 1 is 1.58 bits per heavy atom. The second-order valence-electron chi connectivity index (χ2n) is 2.52. The second kappa shape index (κ2) is 3.59. The number of phenols is 1. The molecule has 1 N–H and O–H groups in total. The molecule has 0 fully saturated rings. The quantitative estimate of drug-likeness (QED) is 0.799. The Labute approximate surface area is 79.6 Å². The Morgan fingerprint density at radius 2 is 2.25 bits per heavy atom. The van der Waals surface area contributed by atoms with Crippen LogP contribution in [0.2, 0.25) is 0 Å². The van der Waals surface area contributed by atoms with Gasteiger partial charge >= 0.3 is 0 Å². The molecule has 0 bridgehead atoms. The Balaban J connectivity index is 3.19. The van der Waals surface area contributed by atoms with E-state index in [2.05, 4.69) is 15.9 Å². The fourth-order valence-corrected chi connectivity index (χ4v) is 1.28. The third kappa shape index (κ3) is 1.59. The molecule has 1 aromatic rings. The minimum atomic E-state index is 0.214. The van der Waals surface area contributed by atoms with E-state index >= 15 is 0 Å². The Kier molecular flexibility index (Phi) is 2.72. The van der Waals surface area contributed by atoms with Gasteiger partial charge in [0.1, 0.15) is 5.75 Å². The van der Waals surface area contributed by atoms with E-state index in [0.29, 0.717) is 5.56 Å². The van der Waals surface area contributed by atoms with Crippen LogP contribution in [0.4, 0.5) is 0 Å². The minimum Gasteiger partial charge on any atom is -0.507 e. The summed E-state index contributed by atoms with van der Waals surface area (Å²) in [5.41, 5.74) is 1.46. The van der Waals surface area contributed by atoms with Gasteiger partial charge in [-0.3, -0.25) is 0 Å². The summed E-state index contributed by atoms with van der Waals surface area (Å²) in [5, 5.41) is 18.0. The first kappa shape index (κ1) is 9.08. The highest BCUT2D eigenvalue weighted by Gasteiger charge is 2.05. The number of halogens is 1. The van der Waals surface area contributed by atoms with E-state index in [9.17, 15) is 5.11 Å². The molecule has 1 aromatic carbocycles. The van der Waals surface area contributed by atoms with E-state index in [1.54, 1.807) is 13.0 Å². The number of hydrogen-bond donors (Lipinski definition) is 1. The van der Waals surface area contributed by atoms with Gasteiger partial charge in [0, 0.05) is 15.6 Å². The maximum absolute atomic E-state index is 9.53. The van der Waals surface area contributed by atoms with Gasteiger partial charge in [-0.05, 0) is 13.0 Å². The lowest BCUT2D eigenvalue weighted by molar-refractivity contribution is 0.465. The molecular formula is C9H8BrNO. The van der Waals surface area contributed by atoms with Crippen molar-refractivity contribution in [3.05, 3.63) is 27.7 Å². The van der Waals surface area contributed by atoms with Crippen molar-refractivity contribution < 1.29 is 5.11 Å². The lowest BCUT2D eigenvalue weighted by Gasteiger charge is -2.04. The third-order valence-corrected chi connectivity index (χ3v) is 2.58. The van der Waals surface area contributed by atoms with Crippen LogP contribution in [0.15, 0.2) is 16.6 Å². The van der Waals surface area contributed by atoms with E-state index in [-0.39, 0.29) is 12.2 Å². The van der Waals surface area contributed by atoms with Crippen LogP contribution in [0.1, 0.15) is 11.1 Å². The standard InChI is InChI=1S/C9H8BrNO/c1-6-8(10)3-2-7(4-5-11)9(6)12/h2-3,12H,4H2,1H3. The highest BCUT2D eigenvalue weighted by molar-refractivity contribution is 9.10. The van der Waals surface area contributed by atoms with Crippen LogP contribution in [0.25, 0.3) is 0 Å². The van der Waals surface area contributed by atoms with Crippen molar-refractivity contribution in [3.8, 4) is 11.8 Å². The number of rotatable bonds is 1. The molecular weight excluding hydrogens is 218 g/mol. The molecule has 0 aliphatic carbocycles. The number of nitriles is 1. The van der Waals surface area contributed by atoms with Crippen LogP contribution < -0.4 is 0 Å². The van der Waals surface area contributed by atoms with Gasteiger partial charge < -0.3 is 5.11 Å². The molecule has 0 aliphatic rings. The highest BCUT2D eigenvalue weighted by atomic mass is 79.9. The fourth-order valence-electron chi connectivity index (χ4n) is 0.959. The van der Waals surface area contributed by atoms with Gasteiger partial charge in [0.25, 0.3) is 0 Å². The molecule has 12 heavy (non-hydrogen) atoms. The van der Waals surface area contributed by atoms with Crippen molar-refractivity contribution in [1.82, 2.24) is 0 Å². The van der Waals surface area contributed by atoms with Crippen LogP contribution in [-0.2, 0) is 6.42 Å².